The van der Waals surface area contributed by atoms with E-state index in [9.17, 15) is 0 Å². The first kappa shape index (κ1) is 20.0. The molecule has 0 radical (unpaired) electrons. The summed E-state index contributed by atoms with van der Waals surface area (Å²) in [5.41, 5.74) is 1.32. The van der Waals surface area contributed by atoms with E-state index in [-0.39, 0.29) is 24.0 Å². The number of nitrogens with zero attached hydrogens (tertiary/aromatic N) is 3. The number of hydrogen-bond donors (Lipinski definition) is 2. The maximum Gasteiger partial charge on any atom is 0.191 e. The molecule has 0 saturated carbocycles. The van der Waals surface area contributed by atoms with Crippen LogP contribution in [-0.4, -0.2) is 28.8 Å². The Kier molecular flexibility index (Phi) is 9.23. The Morgan fingerprint density at radius 3 is 2.87 bits per heavy atom. The topological polar surface area (TPSA) is 54.2 Å². The third-order valence-electron chi connectivity index (χ3n) is 3.37. The van der Waals surface area contributed by atoms with Crippen LogP contribution >= 0.6 is 35.3 Å². The highest BCUT2D eigenvalue weighted by molar-refractivity contribution is 14.0. The van der Waals surface area contributed by atoms with E-state index >= 15 is 0 Å². The number of halogens is 1. The highest BCUT2D eigenvalue weighted by Crippen LogP contribution is 2.16. The molecule has 0 aromatic carbocycles. The predicted molar refractivity (Wildman–Crippen MR) is 109 cm³/mol. The molecule has 128 valence electrons. The van der Waals surface area contributed by atoms with Gasteiger partial charge in [-0.1, -0.05) is 6.92 Å². The Hall–Kier alpha value is -1.09. The van der Waals surface area contributed by atoms with E-state index in [1.54, 1.807) is 11.3 Å². The van der Waals surface area contributed by atoms with Crippen LogP contribution < -0.4 is 10.6 Å². The summed E-state index contributed by atoms with van der Waals surface area (Å²) < 4.78 is 1.96. The van der Waals surface area contributed by atoms with Gasteiger partial charge in [0.25, 0.3) is 0 Å². The Morgan fingerprint density at radius 2 is 2.26 bits per heavy atom. The van der Waals surface area contributed by atoms with Crippen molar-refractivity contribution in [1.29, 1.82) is 0 Å². The van der Waals surface area contributed by atoms with E-state index in [2.05, 4.69) is 52.9 Å². The highest BCUT2D eigenvalue weighted by atomic mass is 127. The normalized spacial score (nSPS) is 12.6. The monoisotopic (exact) mass is 447 g/mol. The predicted octanol–water partition coefficient (Wildman–Crippen LogP) is 3.26. The second-order valence-corrected chi connectivity index (χ2v) is 6.44. The van der Waals surface area contributed by atoms with E-state index in [1.807, 2.05) is 23.1 Å². The molecule has 2 heterocycles. The molecule has 0 amide bonds. The molecular weight excluding hydrogens is 421 g/mol. The van der Waals surface area contributed by atoms with Crippen molar-refractivity contribution in [2.45, 2.75) is 33.9 Å². The van der Waals surface area contributed by atoms with Crippen LogP contribution in [-0.2, 0) is 13.1 Å². The van der Waals surface area contributed by atoms with E-state index in [0.29, 0.717) is 5.92 Å². The second-order valence-electron chi connectivity index (χ2n) is 5.44. The Bertz CT molecular complexity index is 579. The first-order valence-electron chi connectivity index (χ1n) is 7.71. The highest BCUT2D eigenvalue weighted by Gasteiger charge is 2.06. The van der Waals surface area contributed by atoms with Crippen LogP contribution in [0.1, 0.15) is 24.3 Å². The van der Waals surface area contributed by atoms with Gasteiger partial charge in [-0.2, -0.15) is 5.10 Å². The minimum absolute atomic E-state index is 0. The summed E-state index contributed by atoms with van der Waals surface area (Å²) >= 11 is 1.76. The lowest BCUT2D eigenvalue weighted by Gasteiger charge is -2.16. The van der Waals surface area contributed by atoms with Crippen LogP contribution in [0.3, 0.4) is 0 Å². The van der Waals surface area contributed by atoms with Crippen molar-refractivity contribution in [3.05, 3.63) is 40.3 Å². The lowest BCUT2D eigenvalue weighted by molar-refractivity contribution is 0.443. The maximum atomic E-state index is 4.67. The van der Waals surface area contributed by atoms with Crippen molar-refractivity contribution in [1.82, 2.24) is 20.4 Å². The molecule has 7 heteroatoms. The molecule has 0 bridgehead atoms. The molecule has 0 fully saturated rings. The number of guanidine groups is 1. The quantitative estimate of drug-likeness (QED) is 0.389. The summed E-state index contributed by atoms with van der Waals surface area (Å²) in [4.78, 5) is 5.99. The number of rotatable bonds is 7. The number of aliphatic imine (C=N–C) groups is 1. The molecule has 1 atom stereocenters. The fourth-order valence-electron chi connectivity index (χ4n) is 2.12. The summed E-state index contributed by atoms with van der Waals surface area (Å²) in [6, 6.07) is 4.09. The van der Waals surface area contributed by atoms with Gasteiger partial charge in [0.1, 0.15) is 0 Å². The number of nitrogens with one attached hydrogen (secondary N) is 2. The van der Waals surface area contributed by atoms with Gasteiger partial charge >= 0.3 is 0 Å². The third kappa shape index (κ3) is 6.90. The standard InChI is InChI=1S/C16H25N5S.HI/c1-4-17-16(19-11-15-14(3)6-9-22-15)18-10-13(2)12-21-8-5-7-20-21;/h5-9,13H,4,10-12H2,1-3H3,(H2,17,18,19);1H. The van der Waals surface area contributed by atoms with Gasteiger partial charge in [-0.05, 0) is 42.8 Å². The molecule has 0 aliphatic rings. The first-order valence-corrected chi connectivity index (χ1v) is 8.59. The van der Waals surface area contributed by atoms with Gasteiger partial charge in [0, 0.05) is 36.9 Å². The van der Waals surface area contributed by atoms with Crippen molar-refractivity contribution < 1.29 is 0 Å². The number of aryl methyl sites for hydroxylation is 1. The van der Waals surface area contributed by atoms with Gasteiger partial charge < -0.3 is 10.6 Å². The van der Waals surface area contributed by atoms with Crippen LogP contribution in [0.15, 0.2) is 34.9 Å². The van der Waals surface area contributed by atoms with E-state index in [1.165, 1.54) is 10.4 Å². The number of aromatic nitrogens is 2. The zero-order chi connectivity index (χ0) is 15.8. The largest absolute Gasteiger partial charge is 0.357 e. The van der Waals surface area contributed by atoms with Crippen LogP contribution in [0, 0.1) is 12.8 Å². The lowest BCUT2D eigenvalue weighted by Crippen LogP contribution is -2.40. The van der Waals surface area contributed by atoms with Crippen molar-refractivity contribution in [3.63, 3.8) is 0 Å². The molecule has 2 rings (SSSR count). The average Bonchev–Trinajstić information content (AvgIpc) is 3.14. The lowest BCUT2D eigenvalue weighted by atomic mass is 10.2. The summed E-state index contributed by atoms with van der Waals surface area (Å²) in [6.45, 7) is 9.80. The zero-order valence-corrected chi connectivity index (χ0v) is 17.1. The van der Waals surface area contributed by atoms with Crippen LogP contribution in [0.25, 0.3) is 0 Å². The molecule has 0 aliphatic carbocycles. The van der Waals surface area contributed by atoms with Gasteiger partial charge in [-0.15, -0.1) is 35.3 Å². The summed E-state index contributed by atoms with van der Waals surface area (Å²) in [5.74, 6) is 1.36. The summed E-state index contributed by atoms with van der Waals surface area (Å²) in [5, 5.41) is 13.1. The minimum Gasteiger partial charge on any atom is -0.357 e. The smallest absolute Gasteiger partial charge is 0.191 e. The van der Waals surface area contributed by atoms with Gasteiger partial charge in [0.05, 0.1) is 6.54 Å². The van der Waals surface area contributed by atoms with Crippen LogP contribution in [0.5, 0.6) is 0 Å². The van der Waals surface area contributed by atoms with E-state index < -0.39 is 0 Å². The van der Waals surface area contributed by atoms with Crippen LogP contribution in [0.4, 0.5) is 0 Å². The Morgan fingerprint density at radius 1 is 1.43 bits per heavy atom. The van der Waals surface area contributed by atoms with Gasteiger partial charge in [0.15, 0.2) is 5.96 Å². The fourth-order valence-corrected chi connectivity index (χ4v) is 2.95. The molecule has 0 aliphatic heterocycles. The van der Waals surface area contributed by atoms with Crippen molar-refractivity contribution in [2.75, 3.05) is 13.1 Å². The van der Waals surface area contributed by atoms with Gasteiger partial charge in [-0.25, -0.2) is 4.99 Å². The Labute approximate surface area is 159 Å². The average molecular weight is 447 g/mol. The molecule has 23 heavy (non-hydrogen) atoms. The second kappa shape index (κ2) is 10.6. The number of thiophene rings is 1. The summed E-state index contributed by atoms with van der Waals surface area (Å²) in [6.07, 6.45) is 3.81. The number of hydrogen-bond acceptors (Lipinski definition) is 3. The molecule has 0 saturated heterocycles. The third-order valence-corrected chi connectivity index (χ3v) is 4.38. The van der Waals surface area contributed by atoms with Crippen LogP contribution in [0.2, 0.25) is 0 Å². The SMILES string of the molecule is CCNC(=NCc1sccc1C)NCC(C)Cn1cccn1.I. The van der Waals surface area contributed by atoms with Gasteiger partial charge in [0.2, 0.25) is 0 Å². The Balaban J connectivity index is 0.00000264. The molecular formula is C16H26IN5S. The van der Waals surface area contributed by atoms with Crippen molar-refractivity contribution in [2.24, 2.45) is 10.9 Å². The minimum atomic E-state index is 0. The fraction of sp³-hybridized carbons (Fsp3) is 0.500. The molecule has 2 N–H and O–H groups in total. The maximum absolute atomic E-state index is 4.67. The molecule has 1 unspecified atom stereocenters. The van der Waals surface area contributed by atoms with Crippen molar-refractivity contribution >= 4 is 41.3 Å². The summed E-state index contributed by atoms with van der Waals surface area (Å²) in [7, 11) is 0. The molecule has 5 nitrogen and oxygen atoms in total. The zero-order valence-electron chi connectivity index (χ0n) is 14.0. The van der Waals surface area contributed by atoms with E-state index in [4.69, 9.17) is 0 Å². The van der Waals surface area contributed by atoms with E-state index in [0.717, 1.165) is 32.1 Å². The van der Waals surface area contributed by atoms with Gasteiger partial charge in [-0.3, -0.25) is 4.68 Å². The molecule has 2 aromatic heterocycles. The molecule has 2 aromatic rings. The van der Waals surface area contributed by atoms with Crippen molar-refractivity contribution in [3.8, 4) is 0 Å². The first-order chi connectivity index (χ1) is 10.7. The molecule has 0 spiro atoms.